The number of nitrogens with zero attached hydrogens (tertiary/aromatic N) is 1. The van der Waals surface area contributed by atoms with E-state index in [1.54, 1.807) is 7.11 Å². The molecule has 1 aromatic carbocycles. The molecule has 5 nitrogen and oxygen atoms in total. The van der Waals surface area contributed by atoms with Gasteiger partial charge in [0.05, 0.1) is 23.6 Å². The van der Waals surface area contributed by atoms with Crippen molar-refractivity contribution in [2.24, 2.45) is 0 Å². The van der Waals surface area contributed by atoms with Crippen LogP contribution in [-0.2, 0) is 15.6 Å². The topological polar surface area (TPSA) is 67.0 Å². The summed E-state index contributed by atoms with van der Waals surface area (Å²) in [6.45, 7) is 6.47. The Kier molecular flexibility index (Phi) is 3.98. The average molecular weight is 363 g/mol. The number of ether oxygens (including phenoxy) is 1. The first-order chi connectivity index (χ1) is 12.8. The molecule has 0 unspecified atom stereocenters. The Balaban J connectivity index is 1.59. The molecule has 0 bridgehead atoms. The SMILES string of the molecule is COc1cccc(C2(C(=O)Nc3ccc4[nH]c(C(C)(C)C)cc4n3)CC2)c1. The fourth-order valence-electron chi connectivity index (χ4n) is 3.41. The van der Waals surface area contributed by atoms with Gasteiger partial charge in [-0.1, -0.05) is 32.9 Å². The summed E-state index contributed by atoms with van der Waals surface area (Å²) in [4.78, 5) is 21.0. The van der Waals surface area contributed by atoms with Crippen molar-refractivity contribution in [3.8, 4) is 5.75 Å². The summed E-state index contributed by atoms with van der Waals surface area (Å²) in [6.07, 6.45) is 1.68. The summed E-state index contributed by atoms with van der Waals surface area (Å²) >= 11 is 0. The molecule has 0 spiro atoms. The minimum atomic E-state index is -0.472. The highest BCUT2D eigenvalue weighted by atomic mass is 16.5. The van der Waals surface area contributed by atoms with Gasteiger partial charge in [-0.3, -0.25) is 4.79 Å². The van der Waals surface area contributed by atoms with Crippen molar-refractivity contribution in [1.82, 2.24) is 9.97 Å². The molecule has 0 atom stereocenters. The summed E-state index contributed by atoms with van der Waals surface area (Å²) in [5, 5.41) is 3.02. The molecule has 27 heavy (non-hydrogen) atoms. The third kappa shape index (κ3) is 3.18. The summed E-state index contributed by atoms with van der Waals surface area (Å²) in [7, 11) is 1.64. The van der Waals surface area contributed by atoms with E-state index in [9.17, 15) is 4.79 Å². The van der Waals surface area contributed by atoms with Crippen molar-refractivity contribution in [2.75, 3.05) is 12.4 Å². The Morgan fingerprint density at radius 1 is 1.19 bits per heavy atom. The fourth-order valence-corrected chi connectivity index (χ4v) is 3.41. The van der Waals surface area contributed by atoms with Gasteiger partial charge in [-0.2, -0.15) is 0 Å². The number of amides is 1. The maximum atomic E-state index is 13.0. The van der Waals surface area contributed by atoms with Gasteiger partial charge in [0.25, 0.3) is 0 Å². The van der Waals surface area contributed by atoms with Crippen LogP contribution in [0.4, 0.5) is 5.82 Å². The molecule has 1 saturated carbocycles. The zero-order chi connectivity index (χ0) is 19.2. The number of hydrogen-bond donors (Lipinski definition) is 2. The van der Waals surface area contributed by atoms with Gasteiger partial charge in [0.15, 0.2) is 0 Å². The van der Waals surface area contributed by atoms with Gasteiger partial charge in [-0.15, -0.1) is 0 Å². The second-order valence-corrected chi connectivity index (χ2v) is 8.33. The fraction of sp³-hybridized carbons (Fsp3) is 0.364. The van der Waals surface area contributed by atoms with Gasteiger partial charge in [0.2, 0.25) is 5.91 Å². The van der Waals surface area contributed by atoms with E-state index in [1.165, 1.54) is 0 Å². The first-order valence-electron chi connectivity index (χ1n) is 9.28. The molecule has 1 fully saturated rings. The van der Waals surface area contributed by atoms with Crippen LogP contribution in [0, 0.1) is 0 Å². The lowest BCUT2D eigenvalue weighted by Gasteiger charge is -2.16. The van der Waals surface area contributed by atoms with Gasteiger partial charge in [-0.25, -0.2) is 4.98 Å². The molecule has 140 valence electrons. The quantitative estimate of drug-likeness (QED) is 0.715. The third-order valence-corrected chi connectivity index (χ3v) is 5.33. The highest BCUT2D eigenvalue weighted by Gasteiger charge is 2.51. The molecule has 3 aromatic rings. The zero-order valence-corrected chi connectivity index (χ0v) is 16.2. The molecule has 2 aromatic heterocycles. The maximum Gasteiger partial charge on any atom is 0.236 e. The summed E-state index contributed by atoms with van der Waals surface area (Å²) < 4.78 is 5.31. The highest BCUT2D eigenvalue weighted by molar-refractivity contribution is 6.01. The van der Waals surface area contributed by atoms with Crippen molar-refractivity contribution < 1.29 is 9.53 Å². The van der Waals surface area contributed by atoms with E-state index in [4.69, 9.17) is 4.74 Å². The van der Waals surface area contributed by atoms with Crippen molar-refractivity contribution in [3.05, 3.63) is 53.7 Å². The van der Waals surface area contributed by atoms with Crippen molar-refractivity contribution in [3.63, 3.8) is 0 Å². The molecule has 4 rings (SSSR count). The predicted octanol–water partition coefficient (Wildman–Crippen LogP) is 4.54. The normalized spacial score (nSPS) is 15.6. The number of benzene rings is 1. The number of H-pyrrole nitrogens is 1. The number of pyridine rings is 1. The van der Waals surface area contributed by atoms with E-state index in [0.29, 0.717) is 5.82 Å². The lowest BCUT2D eigenvalue weighted by atomic mass is 9.93. The molecular formula is C22H25N3O2. The van der Waals surface area contributed by atoms with Crippen LogP contribution in [0.3, 0.4) is 0 Å². The number of carbonyl (C=O) groups is 1. The molecule has 5 heteroatoms. The lowest BCUT2D eigenvalue weighted by Crippen LogP contribution is -2.28. The number of methoxy groups -OCH3 is 1. The van der Waals surface area contributed by atoms with E-state index in [2.05, 4.69) is 42.1 Å². The van der Waals surface area contributed by atoms with E-state index >= 15 is 0 Å². The molecule has 1 amide bonds. The number of aromatic amines is 1. The van der Waals surface area contributed by atoms with E-state index in [0.717, 1.165) is 40.9 Å². The van der Waals surface area contributed by atoms with Crippen molar-refractivity contribution >= 4 is 22.8 Å². The predicted molar refractivity (Wildman–Crippen MR) is 107 cm³/mol. The number of rotatable bonds is 4. The minimum absolute atomic E-state index is 0.00539. The van der Waals surface area contributed by atoms with Gasteiger partial charge >= 0.3 is 0 Å². The van der Waals surface area contributed by atoms with Crippen LogP contribution < -0.4 is 10.1 Å². The van der Waals surface area contributed by atoms with Crippen LogP contribution in [0.1, 0.15) is 44.9 Å². The number of hydrogen-bond acceptors (Lipinski definition) is 3. The summed E-state index contributed by atoms with van der Waals surface area (Å²) in [5.41, 5.74) is 3.52. The van der Waals surface area contributed by atoms with Crippen molar-refractivity contribution in [1.29, 1.82) is 0 Å². The standard InChI is InChI=1S/C22H25N3O2/c1-21(2,3)18-13-17-16(23-18)8-9-19(24-17)25-20(26)22(10-11-22)14-6-5-7-15(12-14)27-4/h5-9,12-13,23H,10-11H2,1-4H3,(H,24,25,26). The van der Waals surface area contributed by atoms with Crippen LogP contribution in [0.15, 0.2) is 42.5 Å². The monoisotopic (exact) mass is 363 g/mol. The summed E-state index contributed by atoms with van der Waals surface area (Å²) in [6, 6.07) is 13.6. The average Bonchev–Trinajstić information content (AvgIpc) is 3.34. The van der Waals surface area contributed by atoms with E-state index in [-0.39, 0.29) is 11.3 Å². The number of aromatic nitrogens is 2. The Bertz CT molecular complexity index is 1010. The second kappa shape index (κ2) is 6.12. The molecular weight excluding hydrogens is 338 g/mol. The minimum Gasteiger partial charge on any atom is -0.497 e. The van der Waals surface area contributed by atoms with Crippen LogP contribution in [0.2, 0.25) is 0 Å². The van der Waals surface area contributed by atoms with Crippen LogP contribution >= 0.6 is 0 Å². The summed E-state index contributed by atoms with van der Waals surface area (Å²) in [5.74, 6) is 1.35. The largest absolute Gasteiger partial charge is 0.497 e. The second-order valence-electron chi connectivity index (χ2n) is 8.33. The van der Waals surface area contributed by atoms with Crippen molar-refractivity contribution in [2.45, 2.75) is 44.4 Å². The lowest BCUT2D eigenvalue weighted by molar-refractivity contribution is -0.118. The van der Waals surface area contributed by atoms with Gasteiger partial charge in [0, 0.05) is 11.1 Å². The molecule has 2 N–H and O–H groups in total. The third-order valence-electron chi connectivity index (χ3n) is 5.33. The Hall–Kier alpha value is -2.82. The molecule has 1 aliphatic rings. The van der Waals surface area contributed by atoms with E-state index in [1.807, 2.05) is 36.4 Å². The molecule has 0 aliphatic heterocycles. The number of anilines is 1. The van der Waals surface area contributed by atoms with E-state index < -0.39 is 5.41 Å². The van der Waals surface area contributed by atoms with Crippen LogP contribution in [0.25, 0.3) is 11.0 Å². The zero-order valence-electron chi connectivity index (χ0n) is 16.2. The first-order valence-corrected chi connectivity index (χ1v) is 9.28. The Morgan fingerprint density at radius 2 is 1.96 bits per heavy atom. The highest BCUT2D eigenvalue weighted by Crippen LogP contribution is 2.49. The van der Waals surface area contributed by atoms with Gasteiger partial charge in [0.1, 0.15) is 11.6 Å². The first kappa shape index (κ1) is 17.6. The molecule has 2 heterocycles. The smallest absolute Gasteiger partial charge is 0.236 e. The molecule has 1 aliphatic carbocycles. The number of fused-ring (bicyclic) bond motifs is 1. The van der Waals surface area contributed by atoms with Gasteiger partial charge < -0.3 is 15.0 Å². The van der Waals surface area contributed by atoms with Crippen LogP contribution in [-0.4, -0.2) is 23.0 Å². The molecule has 0 saturated heterocycles. The Morgan fingerprint density at radius 3 is 2.63 bits per heavy atom. The maximum absolute atomic E-state index is 13.0. The molecule has 0 radical (unpaired) electrons. The Labute approximate surface area is 159 Å². The number of carbonyl (C=O) groups excluding carboxylic acids is 1. The van der Waals surface area contributed by atoms with Gasteiger partial charge in [-0.05, 0) is 48.7 Å². The number of nitrogens with one attached hydrogen (secondary N) is 2. The van der Waals surface area contributed by atoms with Crippen LogP contribution in [0.5, 0.6) is 5.75 Å².